The van der Waals surface area contributed by atoms with Gasteiger partial charge in [-0.2, -0.15) is 0 Å². The number of ketones is 1. The van der Waals surface area contributed by atoms with Crippen LogP contribution < -0.4 is 10.6 Å². The standard InChI is InChI=1S/C24H28N2O4/c1-15(2)26-24(29)25-14-17-7-9-19(10-8-17)23(28)30-16(3)22(27)21-12-11-18-5-4-6-20(18)13-21/h7-13,15-16H,4-6,14H2,1-3H3,(H2,25,26,29)/t16-/m0/s1. The van der Waals surface area contributed by atoms with E-state index in [-0.39, 0.29) is 17.9 Å². The SMILES string of the molecule is CC(C)NC(=O)NCc1ccc(C(=O)O[C@@H](C)C(=O)c2ccc3c(c2)CCC3)cc1. The van der Waals surface area contributed by atoms with E-state index < -0.39 is 12.1 Å². The third-order valence-electron chi connectivity index (χ3n) is 5.10. The van der Waals surface area contributed by atoms with Crippen LogP contribution in [0.25, 0.3) is 0 Å². The number of urea groups is 1. The second-order valence-corrected chi connectivity index (χ2v) is 7.93. The Kier molecular flexibility index (Phi) is 6.87. The Hall–Kier alpha value is -3.15. The van der Waals surface area contributed by atoms with Crippen LogP contribution in [-0.4, -0.2) is 29.9 Å². The first-order chi connectivity index (χ1) is 14.3. The molecule has 2 aromatic rings. The van der Waals surface area contributed by atoms with Crippen molar-refractivity contribution in [2.45, 2.75) is 58.7 Å². The minimum atomic E-state index is -0.863. The van der Waals surface area contributed by atoms with Crippen LogP contribution in [0.1, 0.15) is 64.6 Å². The summed E-state index contributed by atoms with van der Waals surface area (Å²) in [5.74, 6) is -0.746. The molecule has 2 N–H and O–H groups in total. The highest BCUT2D eigenvalue weighted by Gasteiger charge is 2.22. The van der Waals surface area contributed by atoms with Crippen LogP contribution in [0, 0.1) is 0 Å². The molecule has 1 atom stereocenters. The number of aryl methyl sites for hydroxylation is 2. The summed E-state index contributed by atoms with van der Waals surface area (Å²) < 4.78 is 5.39. The molecule has 0 bridgehead atoms. The van der Waals surface area contributed by atoms with Gasteiger partial charge in [0.05, 0.1) is 5.56 Å². The molecule has 0 saturated heterocycles. The number of fused-ring (bicyclic) bond motifs is 1. The fourth-order valence-corrected chi connectivity index (χ4v) is 3.50. The fraction of sp³-hybridized carbons (Fsp3) is 0.375. The number of rotatable bonds is 7. The third kappa shape index (κ3) is 5.47. The number of amides is 2. The summed E-state index contributed by atoms with van der Waals surface area (Å²) in [6, 6.07) is 12.3. The molecule has 0 saturated carbocycles. The highest BCUT2D eigenvalue weighted by Crippen LogP contribution is 2.23. The van der Waals surface area contributed by atoms with Crippen molar-refractivity contribution in [1.82, 2.24) is 10.6 Å². The zero-order valence-electron chi connectivity index (χ0n) is 17.7. The molecule has 0 radical (unpaired) electrons. The quantitative estimate of drug-likeness (QED) is 0.539. The highest BCUT2D eigenvalue weighted by atomic mass is 16.5. The highest BCUT2D eigenvalue weighted by molar-refractivity contribution is 6.01. The van der Waals surface area contributed by atoms with E-state index in [1.807, 2.05) is 32.0 Å². The molecular formula is C24H28N2O4. The topological polar surface area (TPSA) is 84.5 Å². The van der Waals surface area contributed by atoms with Gasteiger partial charge in [0.2, 0.25) is 5.78 Å². The summed E-state index contributed by atoms with van der Waals surface area (Å²) in [7, 11) is 0. The maximum Gasteiger partial charge on any atom is 0.338 e. The minimum absolute atomic E-state index is 0.0589. The van der Waals surface area contributed by atoms with Crippen LogP contribution in [0.15, 0.2) is 42.5 Å². The van der Waals surface area contributed by atoms with Crippen molar-refractivity contribution < 1.29 is 19.1 Å². The molecule has 6 nitrogen and oxygen atoms in total. The second-order valence-electron chi connectivity index (χ2n) is 7.93. The number of hydrogen-bond acceptors (Lipinski definition) is 4. The molecule has 158 valence electrons. The predicted molar refractivity (Wildman–Crippen MR) is 115 cm³/mol. The van der Waals surface area contributed by atoms with E-state index in [0.717, 1.165) is 24.8 Å². The summed E-state index contributed by atoms with van der Waals surface area (Å²) in [6.07, 6.45) is 2.30. The Morgan fingerprint density at radius 1 is 0.933 bits per heavy atom. The first-order valence-electron chi connectivity index (χ1n) is 10.3. The lowest BCUT2D eigenvalue weighted by molar-refractivity contribution is 0.0319. The number of hydrogen-bond donors (Lipinski definition) is 2. The molecule has 2 aromatic carbocycles. The van der Waals surface area contributed by atoms with E-state index in [0.29, 0.717) is 17.7 Å². The van der Waals surface area contributed by atoms with E-state index in [1.54, 1.807) is 31.2 Å². The average Bonchev–Trinajstić information content (AvgIpc) is 3.19. The number of benzene rings is 2. The molecule has 6 heteroatoms. The Labute approximate surface area is 177 Å². The lowest BCUT2D eigenvalue weighted by atomic mass is 10.0. The van der Waals surface area contributed by atoms with Crippen LogP contribution in [0.3, 0.4) is 0 Å². The largest absolute Gasteiger partial charge is 0.451 e. The average molecular weight is 408 g/mol. The summed E-state index contributed by atoms with van der Waals surface area (Å²) in [5, 5.41) is 5.50. The van der Waals surface area contributed by atoms with E-state index >= 15 is 0 Å². The molecule has 1 aliphatic carbocycles. The summed E-state index contributed by atoms with van der Waals surface area (Å²) in [5.41, 5.74) is 4.31. The number of carbonyl (C=O) groups is 3. The molecule has 0 unspecified atom stereocenters. The molecule has 3 rings (SSSR count). The van der Waals surface area contributed by atoms with Crippen molar-refractivity contribution in [3.8, 4) is 0 Å². The molecule has 0 fully saturated rings. The number of carbonyl (C=O) groups excluding carboxylic acids is 3. The summed E-state index contributed by atoms with van der Waals surface area (Å²) in [4.78, 5) is 36.7. The lowest BCUT2D eigenvalue weighted by Gasteiger charge is -2.14. The third-order valence-corrected chi connectivity index (χ3v) is 5.10. The van der Waals surface area contributed by atoms with Gasteiger partial charge in [0.15, 0.2) is 6.10 Å². The molecule has 30 heavy (non-hydrogen) atoms. The zero-order chi connectivity index (χ0) is 21.7. The van der Waals surface area contributed by atoms with Gasteiger partial charge in [0.25, 0.3) is 0 Å². The van der Waals surface area contributed by atoms with Gasteiger partial charge in [-0.3, -0.25) is 4.79 Å². The molecule has 0 aliphatic heterocycles. The fourth-order valence-electron chi connectivity index (χ4n) is 3.50. The number of ether oxygens (including phenoxy) is 1. The number of esters is 1. The Balaban J connectivity index is 1.54. The van der Waals surface area contributed by atoms with Gasteiger partial charge in [-0.1, -0.05) is 24.3 Å². The van der Waals surface area contributed by atoms with Gasteiger partial charge >= 0.3 is 12.0 Å². The van der Waals surface area contributed by atoms with Crippen LogP contribution in [0.4, 0.5) is 4.79 Å². The van der Waals surface area contributed by atoms with E-state index in [4.69, 9.17) is 4.74 Å². The van der Waals surface area contributed by atoms with Crippen LogP contribution >= 0.6 is 0 Å². The van der Waals surface area contributed by atoms with Crippen molar-refractivity contribution in [3.05, 3.63) is 70.3 Å². The first-order valence-corrected chi connectivity index (χ1v) is 10.3. The van der Waals surface area contributed by atoms with Gasteiger partial charge in [0.1, 0.15) is 0 Å². The second kappa shape index (κ2) is 9.57. The Morgan fingerprint density at radius 3 is 2.30 bits per heavy atom. The van der Waals surface area contributed by atoms with Gasteiger partial charge < -0.3 is 15.4 Å². The molecule has 0 aromatic heterocycles. The van der Waals surface area contributed by atoms with Crippen molar-refractivity contribution >= 4 is 17.8 Å². The number of Topliss-reactive ketones (excluding diaryl/α,β-unsaturated/α-hetero) is 1. The van der Waals surface area contributed by atoms with E-state index in [1.165, 1.54) is 11.1 Å². The van der Waals surface area contributed by atoms with Gasteiger partial charge in [-0.15, -0.1) is 0 Å². The van der Waals surface area contributed by atoms with Gasteiger partial charge in [-0.05, 0) is 74.9 Å². The smallest absolute Gasteiger partial charge is 0.338 e. The molecule has 1 aliphatic rings. The van der Waals surface area contributed by atoms with Crippen molar-refractivity contribution in [1.29, 1.82) is 0 Å². The lowest BCUT2D eigenvalue weighted by Crippen LogP contribution is -2.39. The number of nitrogens with one attached hydrogen (secondary N) is 2. The van der Waals surface area contributed by atoms with Crippen molar-refractivity contribution in [3.63, 3.8) is 0 Å². The maximum atomic E-state index is 12.7. The van der Waals surface area contributed by atoms with Crippen LogP contribution in [-0.2, 0) is 24.1 Å². The van der Waals surface area contributed by atoms with Crippen LogP contribution in [0.2, 0.25) is 0 Å². The van der Waals surface area contributed by atoms with Crippen molar-refractivity contribution in [2.75, 3.05) is 0 Å². The maximum absolute atomic E-state index is 12.7. The Morgan fingerprint density at radius 2 is 1.60 bits per heavy atom. The van der Waals surface area contributed by atoms with Gasteiger partial charge in [-0.25, -0.2) is 9.59 Å². The first kappa shape index (κ1) is 21.6. The molecular weight excluding hydrogens is 380 g/mol. The Bertz CT molecular complexity index is 935. The van der Waals surface area contributed by atoms with Crippen LogP contribution in [0.5, 0.6) is 0 Å². The monoisotopic (exact) mass is 408 g/mol. The molecule has 0 heterocycles. The summed E-state index contributed by atoms with van der Waals surface area (Å²) >= 11 is 0. The van der Waals surface area contributed by atoms with E-state index in [9.17, 15) is 14.4 Å². The van der Waals surface area contributed by atoms with E-state index in [2.05, 4.69) is 10.6 Å². The zero-order valence-corrected chi connectivity index (χ0v) is 17.7. The molecule has 2 amide bonds. The summed E-state index contributed by atoms with van der Waals surface area (Å²) in [6.45, 7) is 5.71. The van der Waals surface area contributed by atoms with Gasteiger partial charge in [0, 0.05) is 18.2 Å². The van der Waals surface area contributed by atoms with Crippen molar-refractivity contribution in [2.24, 2.45) is 0 Å². The molecule has 0 spiro atoms. The minimum Gasteiger partial charge on any atom is -0.451 e. The predicted octanol–water partition coefficient (Wildman–Crippen LogP) is 3.81. The normalized spacial score (nSPS) is 13.5.